The molecule has 19 heavy (non-hydrogen) atoms. The monoisotopic (exact) mass is 267 g/mol. The van der Waals surface area contributed by atoms with Gasteiger partial charge in [0.1, 0.15) is 6.61 Å². The Kier molecular flexibility index (Phi) is 8.42. The molecule has 106 valence electrons. The van der Waals surface area contributed by atoms with Crippen molar-refractivity contribution in [2.45, 2.75) is 13.5 Å². The fourth-order valence-electron chi connectivity index (χ4n) is 1.36. The van der Waals surface area contributed by atoms with Gasteiger partial charge < -0.3 is 19.5 Å². The first-order valence-electron chi connectivity index (χ1n) is 6.43. The van der Waals surface area contributed by atoms with E-state index in [0.29, 0.717) is 33.0 Å². The predicted molar refractivity (Wildman–Crippen MR) is 71.9 cm³/mol. The second kappa shape index (κ2) is 10.3. The number of hydrogen-bond donors (Lipinski definition) is 1. The van der Waals surface area contributed by atoms with Crippen LogP contribution >= 0.6 is 0 Å². The highest BCUT2D eigenvalue weighted by atomic mass is 16.5. The Morgan fingerprint density at radius 1 is 1.11 bits per heavy atom. The van der Waals surface area contributed by atoms with Gasteiger partial charge in [0.25, 0.3) is 0 Å². The largest absolute Gasteiger partial charge is 0.445 e. The number of benzene rings is 1. The van der Waals surface area contributed by atoms with Crippen molar-refractivity contribution in [1.29, 1.82) is 0 Å². The summed E-state index contributed by atoms with van der Waals surface area (Å²) in [6.07, 6.45) is -0.433. The van der Waals surface area contributed by atoms with Gasteiger partial charge in [-0.05, 0) is 12.5 Å². The van der Waals surface area contributed by atoms with Gasteiger partial charge in [-0.2, -0.15) is 0 Å². The standard InChI is InChI=1S/C14H21NO4/c1-2-17-10-11-18-9-8-15-14(16)19-12-13-6-4-3-5-7-13/h3-7H,2,8-12H2,1H3,(H,15,16). The van der Waals surface area contributed by atoms with E-state index in [1.807, 2.05) is 37.3 Å². The lowest BCUT2D eigenvalue weighted by atomic mass is 10.2. The molecule has 0 heterocycles. The van der Waals surface area contributed by atoms with E-state index in [-0.39, 0.29) is 6.61 Å². The van der Waals surface area contributed by atoms with Crippen molar-refractivity contribution in [1.82, 2.24) is 5.32 Å². The zero-order valence-electron chi connectivity index (χ0n) is 11.3. The van der Waals surface area contributed by atoms with Gasteiger partial charge in [-0.1, -0.05) is 30.3 Å². The number of carbonyl (C=O) groups excluding carboxylic acids is 1. The van der Waals surface area contributed by atoms with Crippen molar-refractivity contribution in [2.24, 2.45) is 0 Å². The van der Waals surface area contributed by atoms with Crippen molar-refractivity contribution in [2.75, 3.05) is 33.0 Å². The average molecular weight is 267 g/mol. The molecule has 0 spiro atoms. The van der Waals surface area contributed by atoms with Crippen LogP contribution in [0.25, 0.3) is 0 Å². The SMILES string of the molecule is CCOCCOCCNC(=O)OCc1ccccc1. The van der Waals surface area contributed by atoms with Crippen molar-refractivity contribution in [3.05, 3.63) is 35.9 Å². The molecule has 0 fully saturated rings. The van der Waals surface area contributed by atoms with Crippen molar-refractivity contribution < 1.29 is 19.0 Å². The normalized spacial score (nSPS) is 10.2. The Morgan fingerprint density at radius 2 is 1.84 bits per heavy atom. The van der Waals surface area contributed by atoms with Crippen LogP contribution in [0.2, 0.25) is 0 Å². The number of carbonyl (C=O) groups is 1. The summed E-state index contributed by atoms with van der Waals surface area (Å²) in [6.45, 7) is 4.90. The van der Waals surface area contributed by atoms with E-state index in [4.69, 9.17) is 14.2 Å². The quantitative estimate of drug-likeness (QED) is 0.695. The van der Waals surface area contributed by atoms with E-state index in [9.17, 15) is 4.79 Å². The molecule has 1 aromatic carbocycles. The Bertz CT molecular complexity index is 343. The number of rotatable bonds is 9. The van der Waals surface area contributed by atoms with E-state index in [0.717, 1.165) is 5.56 Å². The maximum Gasteiger partial charge on any atom is 0.407 e. The van der Waals surface area contributed by atoms with E-state index in [1.54, 1.807) is 0 Å². The molecule has 0 aliphatic heterocycles. The van der Waals surface area contributed by atoms with Gasteiger partial charge in [0.05, 0.1) is 19.8 Å². The molecule has 0 aliphatic carbocycles. The summed E-state index contributed by atoms with van der Waals surface area (Å²) in [7, 11) is 0. The molecule has 5 nitrogen and oxygen atoms in total. The first-order chi connectivity index (χ1) is 9.33. The Balaban J connectivity index is 1.96. The summed E-state index contributed by atoms with van der Waals surface area (Å²) in [5.41, 5.74) is 0.964. The van der Waals surface area contributed by atoms with Crippen molar-refractivity contribution in [3.63, 3.8) is 0 Å². The molecule has 1 amide bonds. The molecule has 0 saturated heterocycles. The molecule has 0 bridgehead atoms. The van der Waals surface area contributed by atoms with Crippen LogP contribution in [0.1, 0.15) is 12.5 Å². The molecule has 0 aromatic heterocycles. The van der Waals surface area contributed by atoms with Gasteiger partial charge in [0, 0.05) is 13.2 Å². The van der Waals surface area contributed by atoms with Crippen molar-refractivity contribution in [3.8, 4) is 0 Å². The minimum atomic E-state index is -0.433. The lowest BCUT2D eigenvalue weighted by Gasteiger charge is -2.07. The first kappa shape index (κ1) is 15.5. The van der Waals surface area contributed by atoms with Crippen LogP contribution in [0, 0.1) is 0 Å². The second-order valence-corrected chi connectivity index (χ2v) is 3.80. The van der Waals surface area contributed by atoms with E-state index in [2.05, 4.69) is 5.32 Å². The van der Waals surface area contributed by atoms with Crippen molar-refractivity contribution >= 4 is 6.09 Å². The zero-order chi connectivity index (χ0) is 13.8. The molecule has 0 atom stereocenters. The summed E-state index contributed by atoms with van der Waals surface area (Å²) in [5, 5.41) is 2.62. The first-order valence-corrected chi connectivity index (χ1v) is 6.43. The molecule has 0 aliphatic rings. The minimum Gasteiger partial charge on any atom is -0.445 e. The molecule has 1 N–H and O–H groups in total. The molecular weight excluding hydrogens is 246 g/mol. The smallest absolute Gasteiger partial charge is 0.407 e. The predicted octanol–water partition coefficient (Wildman–Crippen LogP) is 1.97. The summed E-state index contributed by atoms with van der Waals surface area (Å²) in [4.78, 5) is 11.3. The van der Waals surface area contributed by atoms with Crippen LogP contribution in [-0.4, -0.2) is 39.1 Å². The van der Waals surface area contributed by atoms with Crippen LogP contribution < -0.4 is 5.32 Å². The second-order valence-electron chi connectivity index (χ2n) is 3.80. The van der Waals surface area contributed by atoms with Crippen LogP contribution in [0.15, 0.2) is 30.3 Å². The summed E-state index contributed by atoms with van der Waals surface area (Å²) >= 11 is 0. The highest BCUT2D eigenvalue weighted by molar-refractivity contribution is 5.67. The highest BCUT2D eigenvalue weighted by Gasteiger charge is 2.01. The molecular formula is C14H21NO4. The third-order valence-electron chi connectivity index (χ3n) is 2.30. The number of hydrogen-bond acceptors (Lipinski definition) is 4. The third kappa shape index (κ3) is 8.18. The molecule has 0 saturated carbocycles. The van der Waals surface area contributed by atoms with Crippen LogP contribution in [0.3, 0.4) is 0 Å². The number of alkyl carbamates (subject to hydrolysis) is 1. The molecule has 5 heteroatoms. The van der Waals surface area contributed by atoms with E-state index >= 15 is 0 Å². The van der Waals surface area contributed by atoms with Crippen LogP contribution in [0.4, 0.5) is 4.79 Å². The summed E-state index contributed by atoms with van der Waals surface area (Å²) in [5.74, 6) is 0. The Hall–Kier alpha value is -1.59. The minimum absolute atomic E-state index is 0.276. The Labute approximate surface area is 113 Å². The van der Waals surface area contributed by atoms with Gasteiger partial charge in [-0.3, -0.25) is 0 Å². The third-order valence-corrected chi connectivity index (χ3v) is 2.30. The van der Waals surface area contributed by atoms with Gasteiger partial charge in [0.2, 0.25) is 0 Å². The van der Waals surface area contributed by atoms with Gasteiger partial charge in [-0.15, -0.1) is 0 Å². The fourth-order valence-corrected chi connectivity index (χ4v) is 1.36. The molecule has 0 unspecified atom stereocenters. The maximum atomic E-state index is 11.3. The summed E-state index contributed by atoms with van der Waals surface area (Å²) < 4.78 is 15.4. The molecule has 1 aromatic rings. The maximum absolute atomic E-state index is 11.3. The lowest BCUT2D eigenvalue weighted by molar-refractivity contribution is 0.0532. The topological polar surface area (TPSA) is 56.8 Å². The lowest BCUT2D eigenvalue weighted by Crippen LogP contribution is -2.28. The van der Waals surface area contributed by atoms with Crippen LogP contribution in [0.5, 0.6) is 0 Å². The number of amides is 1. The number of ether oxygens (including phenoxy) is 3. The number of nitrogens with one attached hydrogen (secondary N) is 1. The highest BCUT2D eigenvalue weighted by Crippen LogP contribution is 2.00. The summed E-state index contributed by atoms with van der Waals surface area (Å²) in [6, 6.07) is 9.54. The van der Waals surface area contributed by atoms with Crippen LogP contribution in [-0.2, 0) is 20.8 Å². The molecule has 1 rings (SSSR count). The van der Waals surface area contributed by atoms with E-state index < -0.39 is 6.09 Å². The van der Waals surface area contributed by atoms with E-state index in [1.165, 1.54) is 0 Å². The molecule has 0 radical (unpaired) electrons. The van der Waals surface area contributed by atoms with Gasteiger partial charge >= 0.3 is 6.09 Å². The van der Waals surface area contributed by atoms with Gasteiger partial charge in [0.15, 0.2) is 0 Å². The average Bonchev–Trinajstić information content (AvgIpc) is 2.45. The Morgan fingerprint density at radius 3 is 2.58 bits per heavy atom. The fraction of sp³-hybridized carbons (Fsp3) is 0.500. The van der Waals surface area contributed by atoms with Gasteiger partial charge in [-0.25, -0.2) is 4.79 Å². The zero-order valence-corrected chi connectivity index (χ0v) is 11.3.